The molecule has 0 radical (unpaired) electrons. The molecule has 0 heterocycles. The lowest BCUT2D eigenvalue weighted by Gasteiger charge is -2.09. The quantitative estimate of drug-likeness (QED) is 0.770. The van der Waals surface area contributed by atoms with Gasteiger partial charge in [0, 0.05) is 7.11 Å². The first kappa shape index (κ1) is 10.2. The second-order valence-corrected chi connectivity index (χ2v) is 3.29. The van der Waals surface area contributed by atoms with E-state index in [4.69, 9.17) is 9.84 Å². The van der Waals surface area contributed by atoms with Gasteiger partial charge in [0.2, 0.25) is 0 Å². The molecule has 0 aliphatic rings. The van der Waals surface area contributed by atoms with Crippen molar-refractivity contribution in [1.82, 2.24) is 0 Å². The maximum absolute atomic E-state index is 9.09. The summed E-state index contributed by atoms with van der Waals surface area (Å²) in [5, 5.41) is 9.09. The van der Waals surface area contributed by atoms with Crippen molar-refractivity contribution in [3.8, 4) is 0 Å². The molecule has 1 rings (SSSR count). The Morgan fingerprint density at radius 1 is 1.31 bits per heavy atom. The second kappa shape index (κ2) is 4.40. The molecular weight excluding hydrogens is 164 g/mol. The fourth-order valence-electron chi connectivity index (χ4n) is 1.43. The molecule has 0 aromatic heterocycles. The lowest BCUT2D eigenvalue weighted by Crippen LogP contribution is -1.96. The van der Waals surface area contributed by atoms with Gasteiger partial charge in [-0.1, -0.05) is 12.1 Å². The van der Waals surface area contributed by atoms with Gasteiger partial charge in [0.1, 0.15) is 0 Å². The lowest BCUT2D eigenvalue weighted by atomic mass is 10.0. The molecule has 1 N–H and O–H groups in total. The highest BCUT2D eigenvalue weighted by molar-refractivity contribution is 5.37. The van der Waals surface area contributed by atoms with E-state index in [9.17, 15) is 0 Å². The lowest BCUT2D eigenvalue weighted by molar-refractivity contribution is 0.184. The number of aliphatic hydroxyl groups excluding tert-OH is 1. The van der Waals surface area contributed by atoms with Crippen molar-refractivity contribution in [1.29, 1.82) is 0 Å². The van der Waals surface area contributed by atoms with Crippen molar-refractivity contribution >= 4 is 0 Å². The Morgan fingerprint density at radius 2 is 2.00 bits per heavy atom. The van der Waals surface area contributed by atoms with Crippen molar-refractivity contribution in [3.05, 3.63) is 34.4 Å². The number of aryl methyl sites for hydroxylation is 1. The predicted molar refractivity (Wildman–Crippen MR) is 52.6 cm³/mol. The zero-order valence-electron chi connectivity index (χ0n) is 8.42. The summed E-state index contributed by atoms with van der Waals surface area (Å²) >= 11 is 0. The van der Waals surface area contributed by atoms with Crippen LogP contribution in [0.2, 0.25) is 0 Å². The first-order chi connectivity index (χ1) is 6.19. The number of hydrogen-bond donors (Lipinski definition) is 1. The Balaban J connectivity index is 3.06. The van der Waals surface area contributed by atoms with E-state index in [0.29, 0.717) is 6.61 Å². The molecule has 0 fully saturated rings. The molecule has 0 aliphatic carbocycles. The normalized spacial score (nSPS) is 10.5. The largest absolute Gasteiger partial charge is 0.392 e. The maximum atomic E-state index is 9.09. The fourth-order valence-corrected chi connectivity index (χ4v) is 1.43. The summed E-state index contributed by atoms with van der Waals surface area (Å²) in [6, 6.07) is 4.09. The molecule has 13 heavy (non-hydrogen) atoms. The van der Waals surface area contributed by atoms with Crippen LogP contribution >= 0.6 is 0 Å². The van der Waals surface area contributed by atoms with Crippen LogP contribution in [-0.4, -0.2) is 12.2 Å². The Kier molecular flexibility index (Phi) is 3.46. The third-order valence-corrected chi connectivity index (χ3v) is 2.32. The molecule has 72 valence electrons. The molecule has 0 bridgehead atoms. The monoisotopic (exact) mass is 180 g/mol. The minimum atomic E-state index is 0.101. The van der Waals surface area contributed by atoms with Gasteiger partial charge in [-0.25, -0.2) is 0 Å². The van der Waals surface area contributed by atoms with E-state index < -0.39 is 0 Å². The van der Waals surface area contributed by atoms with Gasteiger partial charge < -0.3 is 9.84 Å². The zero-order chi connectivity index (χ0) is 9.84. The van der Waals surface area contributed by atoms with Crippen molar-refractivity contribution in [2.75, 3.05) is 7.11 Å². The van der Waals surface area contributed by atoms with Gasteiger partial charge in [0.05, 0.1) is 13.2 Å². The number of benzene rings is 1. The zero-order valence-corrected chi connectivity index (χ0v) is 8.42. The van der Waals surface area contributed by atoms with E-state index in [-0.39, 0.29) is 6.61 Å². The summed E-state index contributed by atoms with van der Waals surface area (Å²) in [7, 11) is 1.67. The summed E-state index contributed by atoms with van der Waals surface area (Å²) < 4.78 is 5.04. The van der Waals surface area contributed by atoms with Gasteiger partial charge in [0.25, 0.3) is 0 Å². The van der Waals surface area contributed by atoms with Crippen molar-refractivity contribution in [2.45, 2.75) is 27.1 Å². The predicted octanol–water partition coefficient (Wildman–Crippen LogP) is 1.94. The van der Waals surface area contributed by atoms with E-state index in [0.717, 1.165) is 11.1 Å². The number of methoxy groups -OCH3 is 1. The molecule has 0 saturated carbocycles. The highest BCUT2D eigenvalue weighted by atomic mass is 16.5. The van der Waals surface area contributed by atoms with E-state index in [1.807, 2.05) is 19.9 Å². The molecule has 0 aliphatic heterocycles. The SMILES string of the molecule is COCc1cc(C)c(C)c(CO)c1. The number of ether oxygens (including phenoxy) is 1. The van der Waals surface area contributed by atoms with E-state index in [2.05, 4.69) is 6.07 Å². The van der Waals surface area contributed by atoms with Crippen LogP contribution < -0.4 is 0 Å². The van der Waals surface area contributed by atoms with Gasteiger partial charge in [-0.05, 0) is 36.1 Å². The summed E-state index contributed by atoms with van der Waals surface area (Å²) in [6.07, 6.45) is 0. The highest BCUT2D eigenvalue weighted by Crippen LogP contribution is 2.16. The second-order valence-electron chi connectivity index (χ2n) is 3.29. The average Bonchev–Trinajstić information content (AvgIpc) is 2.11. The van der Waals surface area contributed by atoms with E-state index >= 15 is 0 Å². The first-order valence-corrected chi connectivity index (χ1v) is 4.37. The minimum Gasteiger partial charge on any atom is -0.392 e. The number of aliphatic hydroxyl groups is 1. The Morgan fingerprint density at radius 3 is 2.54 bits per heavy atom. The molecule has 1 aromatic carbocycles. The van der Waals surface area contributed by atoms with Gasteiger partial charge in [0.15, 0.2) is 0 Å². The van der Waals surface area contributed by atoms with Crippen LogP contribution in [0.1, 0.15) is 22.3 Å². The molecule has 1 aromatic rings. The Labute approximate surface area is 79.2 Å². The van der Waals surface area contributed by atoms with Crippen LogP contribution in [0.4, 0.5) is 0 Å². The van der Waals surface area contributed by atoms with E-state index in [1.165, 1.54) is 11.1 Å². The Bertz CT molecular complexity index is 292. The van der Waals surface area contributed by atoms with Gasteiger partial charge >= 0.3 is 0 Å². The molecule has 0 saturated heterocycles. The van der Waals surface area contributed by atoms with Gasteiger partial charge in [-0.2, -0.15) is 0 Å². The highest BCUT2D eigenvalue weighted by Gasteiger charge is 2.02. The third-order valence-electron chi connectivity index (χ3n) is 2.32. The topological polar surface area (TPSA) is 29.5 Å². The molecule has 0 unspecified atom stereocenters. The van der Waals surface area contributed by atoms with Crippen LogP contribution in [0, 0.1) is 13.8 Å². The summed E-state index contributed by atoms with van der Waals surface area (Å²) in [6.45, 7) is 4.78. The number of hydrogen-bond acceptors (Lipinski definition) is 2. The Hall–Kier alpha value is -0.860. The summed E-state index contributed by atoms with van der Waals surface area (Å²) in [5.41, 5.74) is 4.49. The third kappa shape index (κ3) is 2.29. The van der Waals surface area contributed by atoms with Crippen LogP contribution in [0.5, 0.6) is 0 Å². The molecule has 2 nitrogen and oxygen atoms in total. The summed E-state index contributed by atoms with van der Waals surface area (Å²) in [4.78, 5) is 0. The minimum absolute atomic E-state index is 0.101. The fraction of sp³-hybridized carbons (Fsp3) is 0.455. The number of rotatable bonds is 3. The van der Waals surface area contributed by atoms with Crippen molar-refractivity contribution in [2.24, 2.45) is 0 Å². The van der Waals surface area contributed by atoms with Crippen LogP contribution in [-0.2, 0) is 18.0 Å². The summed E-state index contributed by atoms with van der Waals surface area (Å²) in [5.74, 6) is 0. The average molecular weight is 180 g/mol. The van der Waals surface area contributed by atoms with Crippen molar-refractivity contribution in [3.63, 3.8) is 0 Å². The van der Waals surface area contributed by atoms with Crippen molar-refractivity contribution < 1.29 is 9.84 Å². The van der Waals surface area contributed by atoms with Gasteiger partial charge in [-0.3, -0.25) is 0 Å². The molecule has 2 heteroatoms. The molecule has 0 spiro atoms. The van der Waals surface area contributed by atoms with Gasteiger partial charge in [-0.15, -0.1) is 0 Å². The van der Waals surface area contributed by atoms with Crippen LogP contribution in [0.25, 0.3) is 0 Å². The molecular formula is C11H16O2. The van der Waals surface area contributed by atoms with Crippen LogP contribution in [0.15, 0.2) is 12.1 Å². The first-order valence-electron chi connectivity index (χ1n) is 4.37. The smallest absolute Gasteiger partial charge is 0.0713 e. The maximum Gasteiger partial charge on any atom is 0.0713 e. The molecule has 0 atom stereocenters. The molecule has 0 amide bonds. The standard InChI is InChI=1S/C11H16O2/c1-8-4-10(7-13-3)5-11(6-12)9(8)2/h4-5,12H,6-7H2,1-3H3. The van der Waals surface area contributed by atoms with Crippen LogP contribution in [0.3, 0.4) is 0 Å². The van der Waals surface area contributed by atoms with E-state index in [1.54, 1.807) is 7.11 Å².